The number of aliphatic hydroxyl groups is 1. The standard InChI is InChI=1S/C9H12ClNO2.CH3BS/c1-6(5-12)13-9-4-7(11)2-3-8(9)10;1-2-3/h2-4,6,12H,5,11H2,1H3;1H3/t6-;/m0./s1/i12T;. The summed E-state index contributed by atoms with van der Waals surface area (Å²) in [6.45, 7) is 3.79. The molecule has 0 unspecified atom stereocenters. The van der Waals surface area contributed by atoms with Crippen molar-refractivity contribution in [1.29, 1.82) is 1.43 Å². The zero-order valence-corrected chi connectivity index (χ0v) is 10.8. The van der Waals surface area contributed by atoms with Crippen molar-refractivity contribution in [2.24, 2.45) is 0 Å². The van der Waals surface area contributed by atoms with E-state index in [1.807, 2.05) is 6.82 Å². The van der Waals surface area contributed by atoms with Crippen LogP contribution >= 0.6 is 23.7 Å². The van der Waals surface area contributed by atoms with E-state index in [0.29, 0.717) is 16.5 Å². The molecule has 1 rings (SSSR count). The summed E-state index contributed by atoms with van der Waals surface area (Å²) >= 11 is 10.1. The molecule has 1 atom stereocenters. The molecule has 3 nitrogen and oxygen atoms in total. The van der Waals surface area contributed by atoms with Gasteiger partial charge in [-0.1, -0.05) is 11.6 Å². The minimum atomic E-state index is -0.230. The summed E-state index contributed by atoms with van der Waals surface area (Å²) in [5.41, 5.74) is 6.16. The quantitative estimate of drug-likeness (QED) is 0.646. The number of aliphatic hydroxyl groups excluding tert-OH is 1. The number of ether oxygens (including phenoxy) is 1. The molecule has 88 valence electrons. The fourth-order valence-corrected chi connectivity index (χ4v) is 1.02. The summed E-state index contributed by atoms with van der Waals surface area (Å²) in [6, 6.07) is 5.00. The maximum atomic E-state index is 6.56. The third kappa shape index (κ3) is 6.05. The van der Waals surface area contributed by atoms with Crippen LogP contribution in [0.5, 0.6) is 5.75 Å². The second-order valence-electron chi connectivity index (χ2n) is 3.02. The Hall–Kier alpha value is -0.645. The first-order valence-electron chi connectivity index (χ1n) is 5.15. The van der Waals surface area contributed by atoms with E-state index in [9.17, 15) is 0 Å². The summed E-state index contributed by atoms with van der Waals surface area (Å²) in [6.07, 6.45) is 1.35. The first-order chi connectivity index (χ1) is 8.04. The Morgan fingerprint density at radius 2 is 2.38 bits per heavy atom. The predicted molar refractivity (Wildman–Crippen MR) is 72.2 cm³/mol. The van der Waals surface area contributed by atoms with Gasteiger partial charge in [-0.05, 0) is 19.1 Å². The van der Waals surface area contributed by atoms with Crippen molar-refractivity contribution >= 4 is 35.5 Å². The predicted octanol–water partition coefficient (Wildman–Crippen LogP) is 2.53. The molecule has 0 radical (unpaired) electrons. The summed E-state index contributed by atoms with van der Waals surface area (Å²) in [7, 11) is 0. The summed E-state index contributed by atoms with van der Waals surface area (Å²) < 4.78 is 12.0. The van der Waals surface area contributed by atoms with Crippen LogP contribution in [0.4, 0.5) is 5.69 Å². The van der Waals surface area contributed by atoms with Crippen molar-refractivity contribution in [3.05, 3.63) is 23.2 Å². The van der Waals surface area contributed by atoms with Crippen LogP contribution in [0, 0.1) is 0 Å². The minimum absolute atomic E-state index is 0.186. The van der Waals surface area contributed by atoms with E-state index >= 15 is 0 Å². The second-order valence-corrected chi connectivity index (χ2v) is 3.90. The SMILES string of the molecule is CB=S.[3H]OC[C@H](C)Oc1cc(N)ccc1Cl. The average Bonchev–Trinajstić information content (AvgIpc) is 2.25. The smallest absolute Gasteiger partial charge is 0.210 e. The van der Waals surface area contributed by atoms with Gasteiger partial charge in [0.1, 0.15) is 11.9 Å². The Morgan fingerprint density at radius 3 is 2.94 bits per heavy atom. The molecular weight excluding hydrogens is 244 g/mol. The van der Waals surface area contributed by atoms with Crippen LogP contribution in [0.3, 0.4) is 0 Å². The van der Waals surface area contributed by atoms with Gasteiger partial charge in [-0.15, -0.1) is 0 Å². The molecule has 0 aliphatic rings. The number of benzene rings is 1. The number of rotatable bonds is 4. The van der Waals surface area contributed by atoms with Crippen LogP contribution < -0.4 is 10.5 Å². The van der Waals surface area contributed by atoms with Gasteiger partial charge in [0.05, 0.1) is 11.6 Å². The van der Waals surface area contributed by atoms with Crippen LogP contribution in [0.25, 0.3) is 0 Å². The van der Waals surface area contributed by atoms with E-state index < -0.39 is 0 Å². The van der Waals surface area contributed by atoms with Gasteiger partial charge in [-0.25, -0.2) is 0 Å². The van der Waals surface area contributed by atoms with Crippen molar-refractivity contribution in [1.82, 2.24) is 0 Å². The number of nitrogens with two attached hydrogens (primary N) is 1. The van der Waals surface area contributed by atoms with Crippen molar-refractivity contribution in [3.63, 3.8) is 0 Å². The van der Waals surface area contributed by atoms with Crippen LogP contribution in [0.2, 0.25) is 11.8 Å². The molecule has 16 heavy (non-hydrogen) atoms. The Labute approximate surface area is 108 Å². The molecule has 0 fully saturated rings. The molecule has 0 heterocycles. The van der Waals surface area contributed by atoms with Crippen molar-refractivity contribution in [2.45, 2.75) is 19.9 Å². The van der Waals surface area contributed by atoms with E-state index in [1.165, 1.54) is 0 Å². The van der Waals surface area contributed by atoms with E-state index in [0.717, 1.165) is 0 Å². The van der Waals surface area contributed by atoms with Gasteiger partial charge in [-0.3, -0.25) is 0 Å². The normalized spacial score (nSPS) is 11.6. The molecule has 0 saturated heterocycles. The Bertz CT molecular complexity index is 357. The van der Waals surface area contributed by atoms with E-state index in [2.05, 4.69) is 17.2 Å². The third-order valence-corrected chi connectivity index (χ3v) is 1.83. The van der Waals surface area contributed by atoms with Crippen LogP contribution in [-0.4, -0.2) is 25.4 Å². The van der Waals surface area contributed by atoms with Gasteiger partial charge in [-0.2, -0.15) is 0 Å². The molecular formula is C10H15BClNO2S. The molecule has 1 aromatic rings. The largest absolute Gasteiger partial charge is 0.487 e. The van der Waals surface area contributed by atoms with Crippen LogP contribution in [-0.2, 0) is 0 Å². The zero-order chi connectivity index (χ0) is 13.3. The van der Waals surface area contributed by atoms with E-state index in [-0.39, 0.29) is 12.7 Å². The van der Waals surface area contributed by atoms with E-state index in [4.69, 9.17) is 23.5 Å². The molecule has 0 aliphatic carbocycles. The fraction of sp³-hybridized carbons (Fsp3) is 0.400. The number of nitrogen functional groups attached to an aromatic ring is 1. The number of hydrogen-bond donors (Lipinski definition) is 2. The summed E-state index contributed by atoms with van der Waals surface area (Å²) in [5.74, 6) is 0.510. The molecule has 0 spiro atoms. The number of hydrogen-bond acceptors (Lipinski definition) is 4. The fourth-order valence-electron chi connectivity index (χ4n) is 0.861. The Kier molecular flexibility index (Phi) is 7.13. The topological polar surface area (TPSA) is 55.5 Å². The third-order valence-electron chi connectivity index (χ3n) is 1.52. The Balaban J connectivity index is 0.000000770. The molecule has 0 bridgehead atoms. The maximum absolute atomic E-state index is 6.56. The maximum Gasteiger partial charge on any atom is 0.210 e. The van der Waals surface area contributed by atoms with Gasteiger partial charge in [0.25, 0.3) is 0 Å². The first kappa shape index (κ1) is 13.4. The second kappa shape index (κ2) is 8.50. The molecule has 0 saturated carbocycles. The minimum Gasteiger partial charge on any atom is -0.487 e. The van der Waals surface area contributed by atoms with Crippen molar-refractivity contribution in [2.75, 3.05) is 12.3 Å². The average molecular weight is 262 g/mol. The summed E-state index contributed by atoms with van der Waals surface area (Å²) in [5, 5.41) is 4.69. The monoisotopic (exact) mass is 261 g/mol. The molecule has 0 aliphatic heterocycles. The van der Waals surface area contributed by atoms with Crippen LogP contribution in [0.15, 0.2) is 18.2 Å². The molecule has 6 heteroatoms. The van der Waals surface area contributed by atoms with Gasteiger partial charge >= 0.3 is 25.0 Å². The van der Waals surface area contributed by atoms with Gasteiger partial charge in [0, 0.05) is 11.8 Å². The zero-order valence-electron chi connectivity index (χ0n) is 10.3. The molecule has 3 N–H and O–H groups in total. The number of anilines is 1. The molecule has 1 aromatic carbocycles. The Morgan fingerprint density at radius 1 is 1.75 bits per heavy atom. The molecule has 0 amide bonds. The van der Waals surface area contributed by atoms with Gasteiger partial charge in [0.15, 0.2) is 0 Å². The van der Waals surface area contributed by atoms with Crippen molar-refractivity contribution < 1.29 is 9.85 Å². The van der Waals surface area contributed by atoms with E-state index in [1.54, 1.807) is 31.3 Å². The van der Waals surface area contributed by atoms with Gasteiger partial charge < -0.3 is 15.6 Å². The number of halogens is 1. The van der Waals surface area contributed by atoms with Gasteiger partial charge in [0.2, 0.25) is 1.43 Å². The first-order valence-corrected chi connectivity index (χ1v) is 5.59. The van der Waals surface area contributed by atoms with Crippen molar-refractivity contribution in [3.8, 4) is 5.75 Å². The summed E-state index contributed by atoms with van der Waals surface area (Å²) in [4.78, 5) is 0. The van der Waals surface area contributed by atoms with Crippen LogP contribution in [0.1, 0.15) is 6.92 Å². The molecule has 0 aromatic heterocycles.